The number of carbonyl (C=O) groups is 1. The van der Waals surface area contributed by atoms with Gasteiger partial charge >= 0.3 is 6.09 Å². The van der Waals surface area contributed by atoms with Gasteiger partial charge in [-0.1, -0.05) is 6.07 Å². The van der Waals surface area contributed by atoms with Gasteiger partial charge in [0.05, 0.1) is 0 Å². The van der Waals surface area contributed by atoms with Gasteiger partial charge in [-0.2, -0.15) is 0 Å². The van der Waals surface area contributed by atoms with Gasteiger partial charge in [-0.05, 0) is 43.0 Å². The first-order valence-electron chi connectivity index (χ1n) is 7.26. The number of hydrogen-bond acceptors (Lipinski definition) is 3. The number of aryl methyl sites for hydroxylation is 1. The van der Waals surface area contributed by atoms with Crippen molar-refractivity contribution in [1.29, 1.82) is 0 Å². The van der Waals surface area contributed by atoms with Crippen molar-refractivity contribution >= 4 is 17.0 Å². The summed E-state index contributed by atoms with van der Waals surface area (Å²) in [7, 11) is 0. The van der Waals surface area contributed by atoms with Crippen molar-refractivity contribution in [3.05, 3.63) is 35.0 Å². The summed E-state index contributed by atoms with van der Waals surface area (Å²) in [5.74, 6) is 0.538. The van der Waals surface area contributed by atoms with Gasteiger partial charge in [0, 0.05) is 35.7 Å². The van der Waals surface area contributed by atoms with Gasteiger partial charge < -0.3 is 20.2 Å². The lowest BCUT2D eigenvalue weighted by Gasteiger charge is -2.21. The summed E-state index contributed by atoms with van der Waals surface area (Å²) in [6, 6.07) is 6.05. The third kappa shape index (κ3) is 2.88. The lowest BCUT2D eigenvalue weighted by Crippen LogP contribution is -2.14. The Morgan fingerprint density at radius 3 is 2.90 bits per heavy atom. The fourth-order valence-corrected chi connectivity index (χ4v) is 3.03. The smallest absolute Gasteiger partial charge is 0.404 e. The molecule has 1 aromatic heterocycles. The minimum Gasteiger partial charge on any atom is -0.445 e. The van der Waals surface area contributed by atoms with Crippen molar-refractivity contribution < 1.29 is 14.3 Å². The molecular weight excluding hydrogens is 268 g/mol. The van der Waals surface area contributed by atoms with E-state index in [2.05, 4.69) is 18.0 Å². The van der Waals surface area contributed by atoms with Crippen molar-refractivity contribution in [2.45, 2.75) is 32.3 Å². The first-order valence-corrected chi connectivity index (χ1v) is 7.26. The molecule has 0 radical (unpaired) electrons. The van der Waals surface area contributed by atoms with Gasteiger partial charge in [0.25, 0.3) is 0 Å². The van der Waals surface area contributed by atoms with Crippen LogP contribution in [0.2, 0.25) is 0 Å². The third-order valence-corrected chi connectivity index (χ3v) is 4.17. The van der Waals surface area contributed by atoms with Crippen LogP contribution in [-0.4, -0.2) is 24.3 Å². The van der Waals surface area contributed by atoms with Crippen LogP contribution in [0, 0.1) is 6.92 Å². The number of hydrogen-bond donors (Lipinski definition) is 2. The lowest BCUT2D eigenvalue weighted by atomic mass is 9.93. The van der Waals surface area contributed by atoms with Gasteiger partial charge in [-0.25, -0.2) is 4.79 Å². The van der Waals surface area contributed by atoms with Crippen molar-refractivity contribution in [2.75, 3.05) is 13.2 Å². The van der Waals surface area contributed by atoms with Gasteiger partial charge in [0.2, 0.25) is 0 Å². The number of carbonyl (C=O) groups excluding carboxylic acids is 1. The maximum absolute atomic E-state index is 10.7. The van der Waals surface area contributed by atoms with Crippen molar-refractivity contribution in [3.8, 4) is 0 Å². The predicted octanol–water partition coefficient (Wildman–Crippen LogP) is 2.97. The monoisotopic (exact) mass is 288 g/mol. The zero-order chi connectivity index (χ0) is 14.8. The lowest BCUT2D eigenvalue weighted by molar-refractivity contribution is 0.0845. The second-order valence-corrected chi connectivity index (χ2v) is 5.54. The number of H-pyrrole nitrogens is 1. The van der Waals surface area contributed by atoms with Crippen LogP contribution in [0.25, 0.3) is 10.9 Å². The van der Waals surface area contributed by atoms with Crippen LogP contribution in [0.1, 0.15) is 35.6 Å². The molecule has 0 bridgehead atoms. The number of rotatable bonds is 3. The van der Waals surface area contributed by atoms with Crippen molar-refractivity contribution in [1.82, 2.24) is 4.98 Å². The molecule has 112 valence electrons. The summed E-state index contributed by atoms with van der Waals surface area (Å²) in [6.45, 7) is 4.01. The molecule has 1 aliphatic rings. The molecular formula is C16H20N2O3. The van der Waals surface area contributed by atoms with Crippen LogP contribution in [0.3, 0.4) is 0 Å². The number of benzene rings is 1. The Kier molecular flexibility index (Phi) is 3.84. The molecule has 5 nitrogen and oxygen atoms in total. The minimum absolute atomic E-state index is 0.211. The van der Waals surface area contributed by atoms with Gasteiger partial charge in [-0.3, -0.25) is 0 Å². The number of fused-ring (bicyclic) bond motifs is 1. The Hall–Kier alpha value is -2.01. The third-order valence-electron chi connectivity index (χ3n) is 4.17. The second-order valence-electron chi connectivity index (χ2n) is 5.54. The predicted molar refractivity (Wildman–Crippen MR) is 80.2 cm³/mol. The molecule has 2 aromatic rings. The van der Waals surface area contributed by atoms with E-state index in [1.165, 1.54) is 16.6 Å². The summed E-state index contributed by atoms with van der Waals surface area (Å²) in [4.78, 5) is 14.2. The maximum Gasteiger partial charge on any atom is 0.404 e. The fourth-order valence-electron chi connectivity index (χ4n) is 3.03. The summed E-state index contributed by atoms with van der Waals surface area (Å²) in [5, 5.41) is 1.18. The Morgan fingerprint density at radius 1 is 1.43 bits per heavy atom. The molecule has 1 saturated heterocycles. The number of primary amides is 1. The molecule has 3 rings (SSSR count). The van der Waals surface area contributed by atoms with Gasteiger partial charge in [0.1, 0.15) is 6.61 Å². The fraction of sp³-hybridized carbons (Fsp3) is 0.438. The molecule has 1 fully saturated rings. The van der Waals surface area contributed by atoms with Crippen LogP contribution in [-0.2, 0) is 16.1 Å². The highest BCUT2D eigenvalue weighted by atomic mass is 16.5. The number of nitrogens with two attached hydrogens (primary N) is 1. The average molecular weight is 288 g/mol. The molecule has 1 aliphatic heterocycles. The quantitative estimate of drug-likeness (QED) is 0.911. The van der Waals surface area contributed by atoms with E-state index in [0.29, 0.717) is 5.92 Å². The van der Waals surface area contributed by atoms with Crippen LogP contribution >= 0.6 is 0 Å². The second kappa shape index (κ2) is 5.77. The summed E-state index contributed by atoms with van der Waals surface area (Å²) in [6.07, 6.45) is 1.38. The SMILES string of the molecule is Cc1c(C2CCOCC2)[nH]c2ccc(COC(N)=O)cc12. The largest absolute Gasteiger partial charge is 0.445 e. The van der Waals surface area contributed by atoms with Crippen LogP contribution < -0.4 is 5.73 Å². The zero-order valence-corrected chi connectivity index (χ0v) is 12.1. The highest BCUT2D eigenvalue weighted by Crippen LogP contribution is 2.33. The molecule has 0 saturated carbocycles. The van der Waals surface area contributed by atoms with Gasteiger partial charge in [0.15, 0.2) is 0 Å². The van der Waals surface area contributed by atoms with E-state index in [1.807, 2.05) is 12.1 Å². The van der Waals surface area contributed by atoms with Crippen molar-refractivity contribution in [3.63, 3.8) is 0 Å². The van der Waals surface area contributed by atoms with E-state index < -0.39 is 6.09 Å². The summed E-state index contributed by atoms with van der Waals surface area (Å²) < 4.78 is 10.3. The molecule has 5 heteroatoms. The Balaban J connectivity index is 1.90. The number of amides is 1. The molecule has 0 unspecified atom stereocenters. The number of aromatic nitrogens is 1. The standard InChI is InChI=1S/C16H20N2O3/c1-10-13-8-11(9-21-16(17)19)2-3-14(13)18-15(10)12-4-6-20-7-5-12/h2-3,8,12,18H,4-7,9H2,1H3,(H2,17,19). The topological polar surface area (TPSA) is 77.3 Å². The average Bonchev–Trinajstić information content (AvgIpc) is 2.83. The van der Waals surface area contributed by atoms with E-state index in [-0.39, 0.29) is 6.61 Å². The van der Waals surface area contributed by atoms with E-state index in [1.54, 1.807) is 0 Å². The van der Waals surface area contributed by atoms with Crippen molar-refractivity contribution in [2.24, 2.45) is 5.73 Å². The molecule has 1 amide bonds. The highest BCUT2D eigenvalue weighted by molar-refractivity contribution is 5.85. The van der Waals surface area contributed by atoms with E-state index in [0.717, 1.165) is 37.1 Å². The molecule has 2 heterocycles. The van der Waals surface area contributed by atoms with E-state index >= 15 is 0 Å². The number of nitrogens with one attached hydrogen (secondary N) is 1. The van der Waals surface area contributed by atoms with E-state index in [4.69, 9.17) is 15.2 Å². The Labute approximate surface area is 123 Å². The summed E-state index contributed by atoms with van der Waals surface area (Å²) in [5.41, 5.74) is 9.66. The molecule has 0 aliphatic carbocycles. The molecule has 21 heavy (non-hydrogen) atoms. The number of ether oxygens (including phenoxy) is 2. The first-order chi connectivity index (χ1) is 10.1. The normalized spacial score (nSPS) is 16.2. The molecule has 0 spiro atoms. The van der Waals surface area contributed by atoms with Crippen LogP contribution in [0.15, 0.2) is 18.2 Å². The Morgan fingerprint density at radius 2 is 2.19 bits per heavy atom. The maximum atomic E-state index is 10.7. The summed E-state index contributed by atoms with van der Waals surface area (Å²) >= 11 is 0. The molecule has 0 atom stereocenters. The highest BCUT2D eigenvalue weighted by Gasteiger charge is 2.20. The van der Waals surface area contributed by atoms with E-state index in [9.17, 15) is 4.79 Å². The Bertz CT molecular complexity index is 657. The zero-order valence-electron chi connectivity index (χ0n) is 12.1. The molecule has 1 aromatic carbocycles. The van der Waals surface area contributed by atoms with Crippen LogP contribution in [0.4, 0.5) is 4.79 Å². The first kappa shape index (κ1) is 13.9. The van der Waals surface area contributed by atoms with Crippen LogP contribution in [0.5, 0.6) is 0 Å². The van der Waals surface area contributed by atoms with Gasteiger partial charge in [-0.15, -0.1) is 0 Å². The molecule has 3 N–H and O–H groups in total. The number of aromatic amines is 1. The minimum atomic E-state index is -0.746.